The van der Waals surface area contributed by atoms with Crippen LogP contribution < -0.4 is 0 Å². The lowest BCUT2D eigenvalue weighted by atomic mass is 10.2. The Balaban J connectivity index is 2.55. The van der Waals surface area contributed by atoms with Crippen molar-refractivity contribution in [3.8, 4) is 0 Å². The molecule has 0 aromatic rings. The fourth-order valence-electron chi connectivity index (χ4n) is 1.69. The summed E-state index contributed by atoms with van der Waals surface area (Å²) in [6, 6.07) is 0. The molecule has 0 bridgehead atoms. The summed E-state index contributed by atoms with van der Waals surface area (Å²) in [6.45, 7) is 6.55. The molecule has 1 aliphatic heterocycles. The van der Waals surface area contributed by atoms with Crippen LogP contribution >= 0.6 is 0 Å². The van der Waals surface area contributed by atoms with Gasteiger partial charge in [0.05, 0.1) is 7.11 Å². The molecule has 102 valence electrons. The summed E-state index contributed by atoms with van der Waals surface area (Å²) in [7, 11) is 1.36. The van der Waals surface area contributed by atoms with E-state index >= 15 is 0 Å². The van der Waals surface area contributed by atoms with Crippen LogP contribution in [0.4, 0.5) is 4.79 Å². The van der Waals surface area contributed by atoms with E-state index in [0.29, 0.717) is 31.5 Å². The van der Waals surface area contributed by atoms with Crippen molar-refractivity contribution in [3.63, 3.8) is 0 Å². The van der Waals surface area contributed by atoms with E-state index in [1.165, 1.54) is 7.11 Å². The standard InChI is InChI=1S/C13H21NO4/c1-13(2,3)18-12(16)14-8-5-6-10(7-9-14)11(15)17-4/h6H,5,7-9H2,1-4H3. The molecule has 0 aliphatic carbocycles. The van der Waals surface area contributed by atoms with Gasteiger partial charge in [-0.15, -0.1) is 0 Å². The number of hydrogen-bond donors (Lipinski definition) is 0. The van der Waals surface area contributed by atoms with Crippen LogP contribution in [0.2, 0.25) is 0 Å². The zero-order valence-corrected chi connectivity index (χ0v) is 11.5. The molecule has 0 radical (unpaired) electrons. The van der Waals surface area contributed by atoms with Crippen molar-refractivity contribution in [2.75, 3.05) is 20.2 Å². The third kappa shape index (κ3) is 4.39. The van der Waals surface area contributed by atoms with Gasteiger partial charge in [-0.05, 0) is 33.6 Å². The molecule has 18 heavy (non-hydrogen) atoms. The highest BCUT2D eigenvalue weighted by Crippen LogP contribution is 2.16. The maximum Gasteiger partial charge on any atom is 0.410 e. The summed E-state index contributed by atoms with van der Waals surface area (Å²) in [5, 5.41) is 0. The van der Waals surface area contributed by atoms with Crippen LogP contribution in [0, 0.1) is 0 Å². The normalized spacial score (nSPS) is 16.7. The van der Waals surface area contributed by atoms with E-state index < -0.39 is 5.60 Å². The topological polar surface area (TPSA) is 55.8 Å². The highest BCUT2D eigenvalue weighted by molar-refractivity contribution is 5.88. The SMILES string of the molecule is COC(=O)C1=CCCN(C(=O)OC(C)(C)C)CC1. The molecule has 0 atom stereocenters. The molecule has 0 aromatic heterocycles. The first kappa shape index (κ1) is 14.5. The Hall–Kier alpha value is -1.52. The van der Waals surface area contributed by atoms with Gasteiger partial charge in [0, 0.05) is 18.7 Å². The predicted molar refractivity (Wildman–Crippen MR) is 67.1 cm³/mol. The first-order valence-corrected chi connectivity index (χ1v) is 6.09. The molecule has 0 saturated heterocycles. The third-order valence-corrected chi connectivity index (χ3v) is 2.54. The number of methoxy groups -OCH3 is 1. The first-order valence-electron chi connectivity index (χ1n) is 6.09. The summed E-state index contributed by atoms with van der Waals surface area (Å²) in [5.41, 5.74) is 0.130. The summed E-state index contributed by atoms with van der Waals surface area (Å²) >= 11 is 0. The van der Waals surface area contributed by atoms with Gasteiger partial charge in [0.25, 0.3) is 0 Å². The van der Waals surface area contributed by atoms with E-state index in [1.807, 2.05) is 26.8 Å². The lowest BCUT2D eigenvalue weighted by Crippen LogP contribution is -2.37. The molecule has 5 heteroatoms. The Morgan fingerprint density at radius 2 is 1.94 bits per heavy atom. The van der Waals surface area contributed by atoms with E-state index in [9.17, 15) is 9.59 Å². The van der Waals surface area contributed by atoms with Gasteiger partial charge in [-0.3, -0.25) is 0 Å². The van der Waals surface area contributed by atoms with Crippen LogP contribution in [0.25, 0.3) is 0 Å². The predicted octanol–water partition coefficient (Wildman–Crippen LogP) is 2.12. The second kappa shape index (κ2) is 5.89. The molecular formula is C13H21NO4. The van der Waals surface area contributed by atoms with Crippen LogP contribution in [0.1, 0.15) is 33.6 Å². The Kier molecular flexibility index (Phi) is 4.76. The molecule has 0 spiro atoms. The summed E-state index contributed by atoms with van der Waals surface area (Å²) in [6.07, 6.45) is 2.65. The molecule has 0 fully saturated rings. The molecule has 5 nitrogen and oxygen atoms in total. The van der Waals surface area contributed by atoms with Crippen molar-refractivity contribution in [2.45, 2.75) is 39.2 Å². The highest BCUT2D eigenvalue weighted by atomic mass is 16.6. The number of ether oxygens (including phenoxy) is 2. The van der Waals surface area contributed by atoms with Crippen molar-refractivity contribution in [1.82, 2.24) is 4.90 Å². The number of carbonyl (C=O) groups excluding carboxylic acids is 2. The van der Waals surface area contributed by atoms with Gasteiger partial charge in [-0.2, -0.15) is 0 Å². The molecule has 1 amide bonds. The van der Waals surface area contributed by atoms with Crippen molar-refractivity contribution in [2.24, 2.45) is 0 Å². The van der Waals surface area contributed by atoms with E-state index in [-0.39, 0.29) is 12.1 Å². The van der Waals surface area contributed by atoms with Gasteiger partial charge in [-0.1, -0.05) is 6.08 Å². The molecule has 1 rings (SSSR count). The largest absolute Gasteiger partial charge is 0.466 e. The fourth-order valence-corrected chi connectivity index (χ4v) is 1.69. The smallest absolute Gasteiger partial charge is 0.410 e. The first-order chi connectivity index (χ1) is 8.33. The minimum atomic E-state index is -0.498. The van der Waals surface area contributed by atoms with Crippen LogP contribution in [0.3, 0.4) is 0 Å². The second-order valence-electron chi connectivity index (χ2n) is 5.23. The van der Waals surface area contributed by atoms with Crippen LogP contribution in [0.15, 0.2) is 11.6 Å². The van der Waals surface area contributed by atoms with Gasteiger partial charge >= 0.3 is 12.1 Å². The molecule has 0 aromatic carbocycles. The Bertz CT molecular complexity index is 354. The maximum absolute atomic E-state index is 11.9. The van der Waals surface area contributed by atoms with Crippen molar-refractivity contribution >= 4 is 12.1 Å². The molecule has 1 heterocycles. The van der Waals surface area contributed by atoms with E-state index in [4.69, 9.17) is 4.74 Å². The fraction of sp³-hybridized carbons (Fsp3) is 0.692. The Morgan fingerprint density at radius 1 is 1.28 bits per heavy atom. The minimum Gasteiger partial charge on any atom is -0.466 e. The lowest BCUT2D eigenvalue weighted by molar-refractivity contribution is -0.136. The number of esters is 1. The minimum absolute atomic E-state index is 0.318. The number of rotatable bonds is 1. The molecule has 0 saturated carbocycles. The van der Waals surface area contributed by atoms with Crippen LogP contribution in [-0.4, -0.2) is 42.8 Å². The molecule has 0 unspecified atom stereocenters. The monoisotopic (exact) mass is 255 g/mol. The average Bonchev–Trinajstić information content (AvgIpc) is 2.51. The van der Waals surface area contributed by atoms with Crippen molar-refractivity contribution in [3.05, 3.63) is 11.6 Å². The number of nitrogens with zero attached hydrogens (tertiary/aromatic N) is 1. The van der Waals surface area contributed by atoms with E-state index in [1.54, 1.807) is 4.90 Å². The van der Waals surface area contributed by atoms with Gasteiger partial charge in [0.15, 0.2) is 0 Å². The van der Waals surface area contributed by atoms with Crippen LogP contribution in [0.5, 0.6) is 0 Å². The highest BCUT2D eigenvalue weighted by Gasteiger charge is 2.24. The summed E-state index contributed by atoms with van der Waals surface area (Å²) in [4.78, 5) is 24.9. The van der Waals surface area contributed by atoms with E-state index in [0.717, 1.165) is 0 Å². The second-order valence-corrected chi connectivity index (χ2v) is 5.23. The zero-order valence-electron chi connectivity index (χ0n) is 11.5. The molecule has 1 aliphatic rings. The molecule has 0 N–H and O–H groups in total. The quantitative estimate of drug-likeness (QED) is 0.673. The zero-order chi connectivity index (χ0) is 13.8. The summed E-state index contributed by atoms with van der Waals surface area (Å²) in [5.74, 6) is -0.318. The van der Waals surface area contributed by atoms with Crippen LogP contribution in [-0.2, 0) is 14.3 Å². The van der Waals surface area contributed by atoms with Crippen molar-refractivity contribution in [1.29, 1.82) is 0 Å². The average molecular weight is 255 g/mol. The molecular weight excluding hydrogens is 234 g/mol. The van der Waals surface area contributed by atoms with Crippen molar-refractivity contribution < 1.29 is 19.1 Å². The lowest BCUT2D eigenvalue weighted by Gasteiger charge is -2.26. The summed E-state index contributed by atoms with van der Waals surface area (Å²) < 4.78 is 9.98. The Labute approximate surface area is 108 Å². The Morgan fingerprint density at radius 3 is 2.50 bits per heavy atom. The van der Waals surface area contributed by atoms with Gasteiger partial charge < -0.3 is 14.4 Å². The van der Waals surface area contributed by atoms with Gasteiger partial charge in [0.1, 0.15) is 5.60 Å². The number of hydrogen-bond acceptors (Lipinski definition) is 4. The number of carbonyl (C=O) groups is 2. The van der Waals surface area contributed by atoms with E-state index in [2.05, 4.69) is 4.74 Å². The van der Waals surface area contributed by atoms with Gasteiger partial charge in [0.2, 0.25) is 0 Å². The van der Waals surface area contributed by atoms with Gasteiger partial charge in [-0.25, -0.2) is 9.59 Å². The third-order valence-electron chi connectivity index (χ3n) is 2.54. The maximum atomic E-state index is 11.9. The number of amides is 1.